The number of benzene rings is 1. The lowest BCUT2D eigenvalue weighted by molar-refractivity contribution is -0.113. The summed E-state index contributed by atoms with van der Waals surface area (Å²) in [6.07, 6.45) is 3.68. The third kappa shape index (κ3) is 3.56. The SMILES string of the molecule is Cc1nn(C)cc1N1C(=O)/C(=C\c2ccc(OC(C)C)cc2)NC1=S. The maximum atomic E-state index is 12.7. The van der Waals surface area contributed by atoms with Crippen LogP contribution in [0.1, 0.15) is 25.1 Å². The Bertz CT molecular complexity index is 852. The van der Waals surface area contributed by atoms with Crippen LogP contribution in [0.3, 0.4) is 0 Å². The molecule has 1 aliphatic heterocycles. The van der Waals surface area contributed by atoms with Gasteiger partial charge in [0.25, 0.3) is 5.91 Å². The molecule has 1 amide bonds. The zero-order valence-electron chi connectivity index (χ0n) is 14.6. The number of hydrogen-bond donors (Lipinski definition) is 1. The van der Waals surface area contributed by atoms with Gasteiger partial charge in [0.1, 0.15) is 11.4 Å². The Balaban J connectivity index is 1.84. The summed E-state index contributed by atoms with van der Waals surface area (Å²) >= 11 is 5.33. The smallest absolute Gasteiger partial charge is 0.281 e. The van der Waals surface area contributed by atoms with E-state index in [2.05, 4.69) is 10.4 Å². The molecule has 1 aromatic carbocycles. The number of thiocarbonyl (C=S) groups is 1. The molecule has 1 fully saturated rings. The highest BCUT2D eigenvalue weighted by Gasteiger charge is 2.33. The summed E-state index contributed by atoms with van der Waals surface area (Å²) < 4.78 is 7.29. The lowest BCUT2D eigenvalue weighted by Gasteiger charge is -2.12. The van der Waals surface area contributed by atoms with Crippen LogP contribution in [-0.4, -0.2) is 26.9 Å². The van der Waals surface area contributed by atoms with Crippen molar-refractivity contribution in [1.29, 1.82) is 0 Å². The average molecular weight is 356 g/mol. The van der Waals surface area contributed by atoms with Gasteiger partial charge >= 0.3 is 0 Å². The first-order chi connectivity index (χ1) is 11.8. The maximum Gasteiger partial charge on any atom is 0.281 e. The molecule has 0 aliphatic carbocycles. The van der Waals surface area contributed by atoms with Crippen LogP contribution in [0.15, 0.2) is 36.2 Å². The number of aryl methyl sites for hydroxylation is 2. The molecule has 1 N–H and O–H groups in total. The molecule has 1 aliphatic rings. The summed E-state index contributed by atoms with van der Waals surface area (Å²) in [6.45, 7) is 5.81. The Morgan fingerprint density at radius 2 is 1.96 bits per heavy atom. The van der Waals surface area contributed by atoms with Crippen molar-refractivity contribution in [3.63, 3.8) is 0 Å². The van der Waals surface area contributed by atoms with Crippen LogP contribution in [-0.2, 0) is 11.8 Å². The molecule has 130 valence electrons. The van der Waals surface area contributed by atoms with Gasteiger partial charge in [-0.3, -0.25) is 9.48 Å². The molecule has 7 heteroatoms. The van der Waals surface area contributed by atoms with E-state index in [0.717, 1.165) is 17.0 Å². The normalized spacial score (nSPS) is 16.0. The van der Waals surface area contributed by atoms with Crippen molar-refractivity contribution in [2.24, 2.45) is 7.05 Å². The number of anilines is 1. The van der Waals surface area contributed by atoms with Crippen LogP contribution in [0.25, 0.3) is 6.08 Å². The zero-order chi connectivity index (χ0) is 18.1. The van der Waals surface area contributed by atoms with Crippen molar-refractivity contribution in [1.82, 2.24) is 15.1 Å². The van der Waals surface area contributed by atoms with Crippen LogP contribution in [0.5, 0.6) is 5.75 Å². The average Bonchev–Trinajstić information content (AvgIpc) is 2.99. The van der Waals surface area contributed by atoms with Crippen LogP contribution < -0.4 is 15.0 Å². The minimum Gasteiger partial charge on any atom is -0.491 e. The van der Waals surface area contributed by atoms with E-state index in [1.165, 1.54) is 4.90 Å². The Kier molecular flexibility index (Phi) is 4.59. The minimum atomic E-state index is -0.191. The molecule has 6 nitrogen and oxygen atoms in total. The second kappa shape index (κ2) is 6.68. The standard InChI is InChI=1S/C18H20N4O2S/c1-11(2)24-14-7-5-13(6-8-14)9-15-17(23)22(18(25)19-15)16-10-21(4)20-12(16)3/h5-11H,1-4H3,(H,19,25)/b15-9+. The lowest BCUT2D eigenvalue weighted by Crippen LogP contribution is -2.30. The van der Waals surface area contributed by atoms with E-state index in [1.807, 2.05) is 52.1 Å². The molecule has 25 heavy (non-hydrogen) atoms. The first-order valence-electron chi connectivity index (χ1n) is 7.99. The molecule has 0 radical (unpaired) electrons. The quantitative estimate of drug-likeness (QED) is 0.674. The first-order valence-corrected chi connectivity index (χ1v) is 8.40. The van der Waals surface area contributed by atoms with Gasteiger partial charge in [-0.15, -0.1) is 0 Å². The Hall–Kier alpha value is -2.67. The van der Waals surface area contributed by atoms with Crippen molar-refractivity contribution >= 4 is 35.0 Å². The number of nitrogens with one attached hydrogen (secondary N) is 1. The number of carbonyl (C=O) groups excluding carboxylic acids is 1. The molecule has 2 aromatic rings. The molecule has 0 atom stereocenters. The third-order valence-corrected chi connectivity index (χ3v) is 3.95. The van der Waals surface area contributed by atoms with E-state index in [9.17, 15) is 4.79 Å². The summed E-state index contributed by atoms with van der Waals surface area (Å²) in [5.41, 5.74) is 2.76. The second-order valence-corrected chi connectivity index (χ2v) is 6.52. The number of ether oxygens (including phenoxy) is 1. The maximum absolute atomic E-state index is 12.7. The number of hydrogen-bond acceptors (Lipinski definition) is 4. The predicted octanol–water partition coefficient (Wildman–Crippen LogP) is 2.78. The van der Waals surface area contributed by atoms with E-state index in [1.54, 1.807) is 17.0 Å². The summed E-state index contributed by atoms with van der Waals surface area (Å²) in [5, 5.41) is 7.61. The summed E-state index contributed by atoms with van der Waals surface area (Å²) in [5.74, 6) is 0.606. The van der Waals surface area contributed by atoms with E-state index in [-0.39, 0.29) is 12.0 Å². The number of aromatic nitrogens is 2. The van der Waals surface area contributed by atoms with Gasteiger partial charge in [0, 0.05) is 13.2 Å². The number of nitrogens with zero attached hydrogens (tertiary/aromatic N) is 3. The van der Waals surface area contributed by atoms with Crippen molar-refractivity contribution in [3.8, 4) is 5.75 Å². The summed E-state index contributed by atoms with van der Waals surface area (Å²) in [4.78, 5) is 14.2. The van der Waals surface area contributed by atoms with Gasteiger partial charge in [-0.2, -0.15) is 5.10 Å². The fourth-order valence-electron chi connectivity index (χ4n) is 2.64. The monoisotopic (exact) mass is 356 g/mol. The predicted molar refractivity (Wildman–Crippen MR) is 101 cm³/mol. The van der Waals surface area contributed by atoms with Gasteiger partial charge in [0.2, 0.25) is 0 Å². The third-order valence-electron chi connectivity index (χ3n) is 3.67. The van der Waals surface area contributed by atoms with Crippen LogP contribution in [0.4, 0.5) is 5.69 Å². The zero-order valence-corrected chi connectivity index (χ0v) is 15.4. The largest absolute Gasteiger partial charge is 0.491 e. The topological polar surface area (TPSA) is 59.4 Å². The fraction of sp³-hybridized carbons (Fsp3) is 0.278. The van der Waals surface area contributed by atoms with Gasteiger partial charge < -0.3 is 10.1 Å². The number of carbonyl (C=O) groups is 1. The van der Waals surface area contributed by atoms with Gasteiger partial charge in [-0.25, -0.2) is 4.90 Å². The molecule has 1 aromatic heterocycles. The Labute approximate surface area is 152 Å². The molecule has 2 heterocycles. The van der Waals surface area contributed by atoms with E-state index in [4.69, 9.17) is 17.0 Å². The summed E-state index contributed by atoms with van der Waals surface area (Å²) in [7, 11) is 1.81. The van der Waals surface area contributed by atoms with E-state index in [0.29, 0.717) is 16.5 Å². The second-order valence-electron chi connectivity index (χ2n) is 6.14. The highest BCUT2D eigenvalue weighted by atomic mass is 32.1. The molecule has 0 saturated carbocycles. The molecule has 0 bridgehead atoms. The molecule has 1 saturated heterocycles. The van der Waals surface area contributed by atoms with Crippen molar-refractivity contribution in [3.05, 3.63) is 47.4 Å². The number of amides is 1. The van der Waals surface area contributed by atoms with Crippen molar-refractivity contribution < 1.29 is 9.53 Å². The highest BCUT2D eigenvalue weighted by molar-refractivity contribution is 7.80. The molecule has 0 spiro atoms. The molecular formula is C18H20N4O2S. The van der Waals surface area contributed by atoms with Gasteiger partial charge in [0.05, 0.1) is 17.5 Å². The molecule has 3 rings (SSSR count). The number of rotatable bonds is 4. The van der Waals surface area contributed by atoms with Crippen molar-refractivity contribution in [2.75, 3.05) is 4.90 Å². The van der Waals surface area contributed by atoms with Crippen LogP contribution in [0, 0.1) is 6.92 Å². The van der Waals surface area contributed by atoms with Crippen molar-refractivity contribution in [2.45, 2.75) is 26.9 Å². The molecular weight excluding hydrogens is 336 g/mol. The Morgan fingerprint density at radius 3 is 2.52 bits per heavy atom. The molecule has 0 unspecified atom stereocenters. The van der Waals surface area contributed by atoms with Gasteiger partial charge in [-0.1, -0.05) is 12.1 Å². The minimum absolute atomic E-state index is 0.121. The lowest BCUT2D eigenvalue weighted by atomic mass is 10.2. The van der Waals surface area contributed by atoms with Gasteiger partial charge in [0.15, 0.2) is 5.11 Å². The Morgan fingerprint density at radius 1 is 1.28 bits per heavy atom. The van der Waals surface area contributed by atoms with E-state index < -0.39 is 0 Å². The van der Waals surface area contributed by atoms with Crippen LogP contribution >= 0.6 is 12.2 Å². The highest BCUT2D eigenvalue weighted by Crippen LogP contribution is 2.25. The summed E-state index contributed by atoms with van der Waals surface area (Å²) in [6, 6.07) is 7.57. The van der Waals surface area contributed by atoms with Crippen LogP contribution in [0.2, 0.25) is 0 Å². The first kappa shape index (κ1) is 17.2. The van der Waals surface area contributed by atoms with Gasteiger partial charge in [-0.05, 0) is 56.8 Å². The van der Waals surface area contributed by atoms with E-state index >= 15 is 0 Å². The fourth-order valence-corrected chi connectivity index (χ4v) is 2.93.